The predicted molar refractivity (Wildman–Crippen MR) is 80.0 cm³/mol. The molecule has 2 aromatic rings. The van der Waals surface area contributed by atoms with Crippen LogP contribution < -0.4 is 16.0 Å². The lowest BCUT2D eigenvalue weighted by Crippen LogP contribution is -2.37. The van der Waals surface area contributed by atoms with Crippen molar-refractivity contribution in [1.82, 2.24) is 0 Å². The number of amides is 1. The SMILES string of the molecule is Cc1ccc(C(=O)N(N)c2ccc(S(N)(=O)=O)cc2)cc1. The number of hydrogen-bond donors (Lipinski definition) is 2. The second kappa shape index (κ2) is 5.65. The van der Waals surface area contributed by atoms with Gasteiger partial charge in [-0.05, 0) is 43.3 Å². The zero-order valence-electron chi connectivity index (χ0n) is 11.4. The first-order chi connectivity index (χ1) is 9.79. The van der Waals surface area contributed by atoms with E-state index in [9.17, 15) is 13.2 Å². The molecule has 0 bridgehead atoms. The molecule has 0 heterocycles. The van der Waals surface area contributed by atoms with Gasteiger partial charge in [0, 0.05) is 5.56 Å². The van der Waals surface area contributed by atoms with Crippen molar-refractivity contribution in [1.29, 1.82) is 0 Å². The highest BCUT2D eigenvalue weighted by Gasteiger charge is 2.15. The first kappa shape index (κ1) is 15.2. The molecule has 110 valence electrons. The molecule has 0 spiro atoms. The third-order valence-electron chi connectivity index (χ3n) is 2.96. The molecule has 0 saturated carbocycles. The lowest BCUT2D eigenvalue weighted by atomic mass is 10.1. The highest BCUT2D eigenvalue weighted by molar-refractivity contribution is 7.89. The van der Waals surface area contributed by atoms with Crippen LogP contribution in [-0.2, 0) is 10.0 Å². The molecule has 0 atom stereocenters. The van der Waals surface area contributed by atoms with Crippen LogP contribution in [-0.4, -0.2) is 14.3 Å². The summed E-state index contributed by atoms with van der Waals surface area (Å²) in [5.41, 5.74) is 1.85. The van der Waals surface area contributed by atoms with Crippen molar-refractivity contribution in [3.8, 4) is 0 Å². The Morgan fingerprint density at radius 3 is 2.00 bits per heavy atom. The number of carbonyl (C=O) groups is 1. The molecule has 0 saturated heterocycles. The maximum absolute atomic E-state index is 12.2. The first-order valence-corrected chi connectivity index (χ1v) is 7.62. The smallest absolute Gasteiger partial charge is 0.267 e. The molecule has 6 nitrogen and oxygen atoms in total. The minimum Gasteiger partial charge on any atom is -0.267 e. The third-order valence-corrected chi connectivity index (χ3v) is 3.89. The van der Waals surface area contributed by atoms with Crippen LogP contribution >= 0.6 is 0 Å². The Hall–Kier alpha value is -2.22. The van der Waals surface area contributed by atoms with Crippen molar-refractivity contribution in [3.63, 3.8) is 0 Å². The van der Waals surface area contributed by atoms with Gasteiger partial charge in [0.05, 0.1) is 10.6 Å². The van der Waals surface area contributed by atoms with Crippen molar-refractivity contribution in [2.75, 3.05) is 5.01 Å². The summed E-state index contributed by atoms with van der Waals surface area (Å²) in [4.78, 5) is 12.2. The monoisotopic (exact) mass is 305 g/mol. The second-order valence-electron chi connectivity index (χ2n) is 4.58. The molecule has 0 aliphatic rings. The van der Waals surface area contributed by atoms with Gasteiger partial charge in [-0.2, -0.15) is 0 Å². The van der Waals surface area contributed by atoms with Crippen molar-refractivity contribution >= 4 is 21.6 Å². The predicted octanol–water partition coefficient (Wildman–Crippen LogP) is 1.16. The maximum atomic E-state index is 12.2. The second-order valence-corrected chi connectivity index (χ2v) is 6.14. The first-order valence-electron chi connectivity index (χ1n) is 6.08. The Morgan fingerprint density at radius 2 is 1.52 bits per heavy atom. The number of hydrogen-bond acceptors (Lipinski definition) is 4. The number of carbonyl (C=O) groups excluding carboxylic acids is 1. The summed E-state index contributed by atoms with van der Waals surface area (Å²) in [7, 11) is -3.77. The van der Waals surface area contributed by atoms with Gasteiger partial charge in [-0.3, -0.25) is 4.79 Å². The summed E-state index contributed by atoms with van der Waals surface area (Å²) < 4.78 is 22.3. The van der Waals surface area contributed by atoms with Gasteiger partial charge in [0.1, 0.15) is 0 Å². The minimum atomic E-state index is -3.77. The van der Waals surface area contributed by atoms with E-state index in [1.165, 1.54) is 24.3 Å². The van der Waals surface area contributed by atoms with Crippen LogP contribution in [0.1, 0.15) is 15.9 Å². The summed E-state index contributed by atoms with van der Waals surface area (Å²) in [6.45, 7) is 1.92. The average molecular weight is 305 g/mol. The summed E-state index contributed by atoms with van der Waals surface area (Å²) >= 11 is 0. The van der Waals surface area contributed by atoms with E-state index in [1.54, 1.807) is 12.1 Å². The fourth-order valence-corrected chi connectivity index (χ4v) is 2.26. The fraction of sp³-hybridized carbons (Fsp3) is 0.0714. The Balaban J connectivity index is 2.25. The van der Waals surface area contributed by atoms with Gasteiger partial charge in [0.2, 0.25) is 10.0 Å². The molecule has 1 amide bonds. The number of primary sulfonamides is 1. The quantitative estimate of drug-likeness (QED) is 0.504. The molecule has 0 fully saturated rings. The minimum absolute atomic E-state index is 0.0394. The van der Waals surface area contributed by atoms with E-state index < -0.39 is 15.9 Å². The lowest BCUT2D eigenvalue weighted by molar-refractivity contribution is 0.0987. The van der Waals surface area contributed by atoms with Crippen molar-refractivity contribution < 1.29 is 13.2 Å². The van der Waals surface area contributed by atoms with Gasteiger partial charge >= 0.3 is 0 Å². The molecule has 2 rings (SSSR count). The van der Waals surface area contributed by atoms with Crippen LogP contribution in [0.2, 0.25) is 0 Å². The Morgan fingerprint density at radius 1 is 1.00 bits per heavy atom. The number of benzene rings is 2. The zero-order chi connectivity index (χ0) is 15.6. The Bertz CT molecular complexity index is 753. The highest BCUT2D eigenvalue weighted by Crippen LogP contribution is 2.17. The average Bonchev–Trinajstić information content (AvgIpc) is 2.46. The lowest BCUT2D eigenvalue weighted by Gasteiger charge is -2.17. The van der Waals surface area contributed by atoms with Crippen molar-refractivity contribution in [2.45, 2.75) is 11.8 Å². The number of sulfonamides is 1. The Kier molecular flexibility index (Phi) is 4.08. The zero-order valence-corrected chi connectivity index (χ0v) is 12.2. The molecular formula is C14H15N3O3S. The molecule has 4 N–H and O–H groups in total. The van der Waals surface area contributed by atoms with Gasteiger partial charge in [-0.25, -0.2) is 24.4 Å². The molecule has 21 heavy (non-hydrogen) atoms. The van der Waals surface area contributed by atoms with Crippen LogP contribution in [0, 0.1) is 6.92 Å². The van der Waals surface area contributed by atoms with E-state index in [0.717, 1.165) is 10.6 Å². The number of nitrogens with zero attached hydrogens (tertiary/aromatic N) is 1. The van der Waals surface area contributed by atoms with E-state index in [0.29, 0.717) is 11.3 Å². The normalized spacial score (nSPS) is 11.2. The van der Waals surface area contributed by atoms with Crippen LogP contribution in [0.15, 0.2) is 53.4 Å². The van der Waals surface area contributed by atoms with E-state index in [2.05, 4.69) is 0 Å². The molecule has 2 aromatic carbocycles. The maximum Gasteiger partial charge on any atom is 0.272 e. The van der Waals surface area contributed by atoms with Crippen LogP contribution in [0.25, 0.3) is 0 Å². The fourth-order valence-electron chi connectivity index (χ4n) is 1.75. The van der Waals surface area contributed by atoms with Gasteiger partial charge < -0.3 is 0 Å². The van der Waals surface area contributed by atoms with E-state index in [4.69, 9.17) is 11.0 Å². The number of nitrogens with two attached hydrogens (primary N) is 2. The van der Waals surface area contributed by atoms with Gasteiger partial charge in [-0.1, -0.05) is 17.7 Å². The largest absolute Gasteiger partial charge is 0.272 e. The summed E-state index contributed by atoms with van der Waals surface area (Å²) in [5.74, 6) is 5.38. The van der Waals surface area contributed by atoms with Crippen LogP contribution in [0.4, 0.5) is 5.69 Å². The standard InChI is InChI=1S/C14H15N3O3S/c1-10-2-4-11(5-3-10)14(18)17(15)12-6-8-13(9-7-12)21(16,19)20/h2-9H,15H2,1H3,(H2,16,19,20). The molecular weight excluding hydrogens is 290 g/mol. The topological polar surface area (TPSA) is 106 Å². The van der Waals surface area contributed by atoms with Crippen LogP contribution in [0.5, 0.6) is 0 Å². The van der Waals surface area contributed by atoms with E-state index in [1.807, 2.05) is 19.1 Å². The number of hydrazine groups is 1. The molecule has 0 aliphatic heterocycles. The summed E-state index contributed by atoms with van der Waals surface area (Å²) in [6, 6.07) is 12.4. The van der Waals surface area contributed by atoms with E-state index >= 15 is 0 Å². The number of aryl methyl sites for hydroxylation is 1. The van der Waals surface area contributed by atoms with Gasteiger partial charge in [0.15, 0.2) is 0 Å². The number of anilines is 1. The van der Waals surface area contributed by atoms with Crippen molar-refractivity contribution in [3.05, 3.63) is 59.7 Å². The van der Waals surface area contributed by atoms with Gasteiger partial charge in [-0.15, -0.1) is 0 Å². The molecule has 7 heteroatoms. The van der Waals surface area contributed by atoms with Gasteiger partial charge in [0.25, 0.3) is 5.91 Å². The number of rotatable bonds is 3. The van der Waals surface area contributed by atoms with E-state index in [-0.39, 0.29) is 4.90 Å². The molecule has 0 unspecified atom stereocenters. The molecule has 0 radical (unpaired) electrons. The molecule has 0 aromatic heterocycles. The third kappa shape index (κ3) is 3.46. The van der Waals surface area contributed by atoms with Crippen molar-refractivity contribution in [2.24, 2.45) is 11.0 Å². The molecule has 0 aliphatic carbocycles. The Labute approximate surface area is 123 Å². The highest BCUT2D eigenvalue weighted by atomic mass is 32.2. The summed E-state index contributed by atoms with van der Waals surface area (Å²) in [5, 5.41) is 5.96. The summed E-state index contributed by atoms with van der Waals surface area (Å²) in [6.07, 6.45) is 0. The van der Waals surface area contributed by atoms with Crippen LogP contribution in [0.3, 0.4) is 0 Å².